The summed E-state index contributed by atoms with van der Waals surface area (Å²) in [6.07, 6.45) is 3.23. The van der Waals surface area contributed by atoms with Crippen molar-refractivity contribution in [3.8, 4) is 0 Å². The van der Waals surface area contributed by atoms with E-state index in [1.165, 1.54) is 11.3 Å². The van der Waals surface area contributed by atoms with Crippen LogP contribution in [0.4, 0.5) is 0 Å². The molecular formula is C16H26ClN3O2S. The average Bonchev–Trinajstić information content (AvgIpc) is 2.94. The van der Waals surface area contributed by atoms with Crippen LogP contribution < -0.4 is 11.1 Å². The number of nitrogens with one attached hydrogen (secondary N) is 1. The summed E-state index contributed by atoms with van der Waals surface area (Å²) in [6, 6.07) is 3.57. The van der Waals surface area contributed by atoms with Crippen LogP contribution in [0.15, 0.2) is 12.1 Å². The lowest BCUT2D eigenvalue weighted by atomic mass is 10.0. The molecule has 130 valence electrons. The third kappa shape index (κ3) is 5.48. The zero-order valence-electron chi connectivity index (χ0n) is 13.7. The first-order valence-corrected chi connectivity index (χ1v) is 8.74. The number of carbonyl (C=O) groups excluding carboxylic acids is 2. The van der Waals surface area contributed by atoms with Crippen molar-refractivity contribution in [3.63, 3.8) is 0 Å². The molecule has 2 heterocycles. The van der Waals surface area contributed by atoms with Crippen molar-refractivity contribution in [2.24, 2.45) is 5.73 Å². The molecule has 1 aromatic rings. The summed E-state index contributed by atoms with van der Waals surface area (Å²) >= 11 is 1.51. The fourth-order valence-electron chi connectivity index (χ4n) is 2.73. The molecule has 0 spiro atoms. The number of rotatable bonds is 5. The molecule has 0 aromatic carbocycles. The number of nitrogens with two attached hydrogens (primary N) is 1. The Hall–Kier alpha value is -1.11. The highest BCUT2D eigenvalue weighted by molar-refractivity contribution is 7.13. The van der Waals surface area contributed by atoms with Gasteiger partial charge in [0.25, 0.3) is 5.91 Å². The van der Waals surface area contributed by atoms with E-state index in [4.69, 9.17) is 5.73 Å². The lowest BCUT2D eigenvalue weighted by Gasteiger charge is -2.33. The van der Waals surface area contributed by atoms with Crippen molar-refractivity contribution in [1.29, 1.82) is 0 Å². The molecule has 1 atom stereocenters. The number of hydrogen-bond donors (Lipinski definition) is 2. The fourth-order valence-corrected chi connectivity index (χ4v) is 3.50. The number of amides is 2. The monoisotopic (exact) mass is 359 g/mol. The van der Waals surface area contributed by atoms with Crippen molar-refractivity contribution in [2.75, 3.05) is 13.1 Å². The van der Waals surface area contributed by atoms with Gasteiger partial charge in [0.15, 0.2) is 0 Å². The van der Waals surface area contributed by atoms with Crippen molar-refractivity contribution < 1.29 is 9.59 Å². The van der Waals surface area contributed by atoms with Gasteiger partial charge in [0.05, 0.1) is 10.9 Å². The summed E-state index contributed by atoms with van der Waals surface area (Å²) in [6.45, 7) is 5.36. The van der Waals surface area contributed by atoms with Crippen LogP contribution in [0.1, 0.15) is 47.2 Å². The maximum Gasteiger partial charge on any atom is 0.261 e. The summed E-state index contributed by atoms with van der Waals surface area (Å²) in [7, 11) is 0. The van der Waals surface area contributed by atoms with Gasteiger partial charge in [0.2, 0.25) is 5.91 Å². The van der Waals surface area contributed by atoms with Crippen LogP contribution in [0.5, 0.6) is 0 Å². The van der Waals surface area contributed by atoms with Gasteiger partial charge in [-0.3, -0.25) is 9.59 Å². The Morgan fingerprint density at radius 2 is 2.04 bits per heavy atom. The number of carbonyl (C=O) groups is 2. The van der Waals surface area contributed by atoms with E-state index in [1.807, 2.05) is 30.9 Å². The third-order valence-corrected chi connectivity index (χ3v) is 5.02. The zero-order chi connectivity index (χ0) is 16.1. The molecule has 0 aliphatic carbocycles. The number of likely N-dealkylation sites (tertiary alicyclic amines) is 1. The van der Waals surface area contributed by atoms with Crippen LogP contribution in [0, 0.1) is 6.92 Å². The molecule has 1 aliphatic rings. The van der Waals surface area contributed by atoms with Gasteiger partial charge in [-0.15, -0.1) is 23.7 Å². The number of aryl methyl sites for hydroxylation is 1. The molecular weight excluding hydrogens is 334 g/mol. The van der Waals surface area contributed by atoms with Gasteiger partial charge in [-0.25, -0.2) is 0 Å². The predicted molar refractivity (Wildman–Crippen MR) is 96.3 cm³/mol. The van der Waals surface area contributed by atoms with Crippen LogP contribution in [0.2, 0.25) is 0 Å². The normalized spacial score (nSPS) is 16.6. The highest BCUT2D eigenvalue weighted by Gasteiger charge is 2.26. The molecule has 0 bridgehead atoms. The fraction of sp³-hybridized carbons (Fsp3) is 0.625. The minimum atomic E-state index is -0.384. The summed E-state index contributed by atoms with van der Waals surface area (Å²) in [4.78, 5) is 28.0. The van der Waals surface area contributed by atoms with E-state index in [-0.39, 0.29) is 36.3 Å². The molecule has 7 heteroatoms. The van der Waals surface area contributed by atoms with Gasteiger partial charge in [-0.2, -0.15) is 0 Å². The molecule has 1 aromatic heterocycles. The van der Waals surface area contributed by atoms with Gasteiger partial charge >= 0.3 is 0 Å². The molecule has 3 N–H and O–H groups in total. The predicted octanol–water partition coefficient (Wildman–Crippen LogP) is 2.33. The number of hydrogen-bond acceptors (Lipinski definition) is 4. The van der Waals surface area contributed by atoms with Gasteiger partial charge < -0.3 is 16.0 Å². The lowest BCUT2D eigenvalue weighted by Crippen LogP contribution is -2.50. The summed E-state index contributed by atoms with van der Waals surface area (Å²) in [5, 5.41) is 3.06. The van der Waals surface area contributed by atoms with Crippen LogP contribution in [0.3, 0.4) is 0 Å². The van der Waals surface area contributed by atoms with E-state index in [0.717, 1.165) is 35.4 Å². The first kappa shape index (κ1) is 19.9. The Kier molecular flexibility index (Phi) is 8.02. The van der Waals surface area contributed by atoms with E-state index < -0.39 is 0 Å². The van der Waals surface area contributed by atoms with Gasteiger partial charge in [-0.05, 0) is 38.3 Å². The Morgan fingerprint density at radius 3 is 2.57 bits per heavy atom. The van der Waals surface area contributed by atoms with Gasteiger partial charge in [0.1, 0.15) is 0 Å². The molecule has 0 saturated carbocycles. The van der Waals surface area contributed by atoms with Crippen LogP contribution in [-0.4, -0.2) is 41.9 Å². The van der Waals surface area contributed by atoms with E-state index in [1.54, 1.807) is 0 Å². The number of thiophene rings is 1. The Bertz CT molecular complexity index is 527. The molecule has 23 heavy (non-hydrogen) atoms. The molecule has 1 fully saturated rings. The second kappa shape index (κ2) is 9.25. The minimum Gasteiger partial charge on any atom is -0.348 e. The SMILES string of the molecule is CCCC(N)C(=O)N1CCC(NC(=O)c2ccc(C)s2)CC1.Cl. The van der Waals surface area contributed by atoms with E-state index in [0.29, 0.717) is 13.1 Å². The van der Waals surface area contributed by atoms with Gasteiger partial charge in [-0.1, -0.05) is 13.3 Å². The van der Waals surface area contributed by atoms with Crippen LogP contribution in [0.25, 0.3) is 0 Å². The first-order chi connectivity index (χ1) is 10.5. The number of piperidine rings is 1. The molecule has 1 aliphatic heterocycles. The second-order valence-corrected chi connectivity index (χ2v) is 7.17. The van der Waals surface area contributed by atoms with Crippen LogP contribution in [-0.2, 0) is 4.79 Å². The smallest absolute Gasteiger partial charge is 0.261 e. The molecule has 1 unspecified atom stereocenters. The highest BCUT2D eigenvalue weighted by atomic mass is 35.5. The maximum absolute atomic E-state index is 12.2. The average molecular weight is 360 g/mol. The quantitative estimate of drug-likeness (QED) is 0.847. The standard InChI is InChI=1S/C16H25N3O2S.ClH/c1-3-4-13(17)16(21)19-9-7-12(8-10-19)18-15(20)14-6-5-11(2)22-14;/h5-6,12-13H,3-4,7-10,17H2,1-2H3,(H,18,20);1H. The van der Waals surface area contributed by atoms with E-state index in [9.17, 15) is 9.59 Å². The summed E-state index contributed by atoms with van der Waals surface area (Å²) in [5.41, 5.74) is 5.89. The minimum absolute atomic E-state index is 0. The first-order valence-electron chi connectivity index (χ1n) is 7.93. The van der Waals surface area contributed by atoms with Gasteiger partial charge in [0, 0.05) is 24.0 Å². The molecule has 5 nitrogen and oxygen atoms in total. The van der Waals surface area contributed by atoms with E-state index in [2.05, 4.69) is 5.32 Å². The van der Waals surface area contributed by atoms with E-state index >= 15 is 0 Å². The Balaban J connectivity index is 0.00000264. The third-order valence-electron chi connectivity index (χ3n) is 4.02. The number of nitrogens with zero attached hydrogens (tertiary/aromatic N) is 1. The maximum atomic E-state index is 12.2. The highest BCUT2D eigenvalue weighted by Crippen LogP contribution is 2.17. The molecule has 1 saturated heterocycles. The summed E-state index contributed by atoms with van der Waals surface area (Å²) < 4.78 is 0. The van der Waals surface area contributed by atoms with Crippen LogP contribution >= 0.6 is 23.7 Å². The van der Waals surface area contributed by atoms with Crippen molar-refractivity contribution in [2.45, 2.75) is 51.6 Å². The van der Waals surface area contributed by atoms with Crippen molar-refractivity contribution in [1.82, 2.24) is 10.2 Å². The Morgan fingerprint density at radius 1 is 1.39 bits per heavy atom. The number of halogens is 1. The topological polar surface area (TPSA) is 75.4 Å². The summed E-state index contributed by atoms with van der Waals surface area (Å²) in [5.74, 6) is 0.0334. The lowest BCUT2D eigenvalue weighted by molar-refractivity contribution is -0.133. The molecule has 2 amide bonds. The Labute approximate surface area is 148 Å². The largest absolute Gasteiger partial charge is 0.348 e. The van der Waals surface area contributed by atoms with Crippen molar-refractivity contribution in [3.05, 3.63) is 21.9 Å². The molecule has 0 radical (unpaired) electrons. The second-order valence-electron chi connectivity index (χ2n) is 5.88. The van der Waals surface area contributed by atoms with Crippen molar-refractivity contribution >= 4 is 35.6 Å². The molecule has 2 rings (SSSR count). The zero-order valence-corrected chi connectivity index (χ0v) is 15.3.